The number of rotatable bonds is 5. The fourth-order valence-electron chi connectivity index (χ4n) is 1.59. The Hall–Kier alpha value is -0.940. The largest absolute Gasteiger partial charge is 0.325 e. The quantitative estimate of drug-likeness (QED) is 0.839. The summed E-state index contributed by atoms with van der Waals surface area (Å²) < 4.78 is 23.6. The molecule has 1 aromatic rings. The zero-order valence-corrected chi connectivity index (χ0v) is 10.5. The lowest BCUT2D eigenvalue weighted by molar-refractivity contribution is 0.581. The van der Waals surface area contributed by atoms with Crippen LogP contribution in [0, 0.1) is 5.92 Å². The van der Waals surface area contributed by atoms with Crippen LogP contribution in [0.4, 0.5) is 0 Å². The fraction of sp³-hybridized carbons (Fsp3) is 0.545. The second-order valence-electron chi connectivity index (χ2n) is 4.26. The highest BCUT2D eigenvalue weighted by Crippen LogP contribution is 2.12. The third-order valence-corrected chi connectivity index (χ3v) is 4.07. The van der Waals surface area contributed by atoms with Gasteiger partial charge in [0.05, 0.1) is 17.2 Å². The van der Waals surface area contributed by atoms with Gasteiger partial charge >= 0.3 is 0 Å². The molecule has 2 N–H and O–H groups in total. The highest BCUT2D eigenvalue weighted by molar-refractivity contribution is 7.90. The van der Waals surface area contributed by atoms with Crippen LogP contribution in [-0.2, 0) is 22.1 Å². The standard InChI is InChI=1S/C11H18N2O2S/c1-9(2)7-16(14,15)8-10-4-3-5-13-11(10)6-12/h3-5,9H,6-8,12H2,1-2H3. The van der Waals surface area contributed by atoms with Crippen molar-refractivity contribution in [1.82, 2.24) is 4.98 Å². The minimum Gasteiger partial charge on any atom is -0.325 e. The summed E-state index contributed by atoms with van der Waals surface area (Å²) in [5.74, 6) is 0.375. The van der Waals surface area contributed by atoms with Gasteiger partial charge in [-0.1, -0.05) is 19.9 Å². The van der Waals surface area contributed by atoms with Crippen molar-refractivity contribution < 1.29 is 8.42 Å². The van der Waals surface area contributed by atoms with Gasteiger partial charge in [-0.15, -0.1) is 0 Å². The van der Waals surface area contributed by atoms with Crippen LogP contribution >= 0.6 is 0 Å². The maximum absolute atomic E-state index is 11.8. The molecule has 16 heavy (non-hydrogen) atoms. The molecular formula is C11H18N2O2S. The lowest BCUT2D eigenvalue weighted by Crippen LogP contribution is -2.16. The summed E-state index contributed by atoms with van der Waals surface area (Å²) in [5.41, 5.74) is 6.89. The second kappa shape index (κ2) is 5.41. The van der Waals surface area contributed by atoms with Gasteiger partial charge in [0.25, 0.3) is 0 Å². The zero-order chi connectivity index (χ0) is 12.2. The molecule has 0 aliphatic carbocycles. The predicted molar refractivity (Wildman–Crippen MR) is 64.5 cm³/mol. The highest BCUT2D eigenvalue weighted by atomic mass is 32.2. The lowest BCUT2D eigenvalue weighted by atomic mass is 10.2. The number of nitrogens with zero attached hydrogens (tertiary/aromatic N) is 1. The van der Waals surface area contributed by atoms with E-state index < -0.39 is 9.84 Å². The molecule has 1 heterocycles. The molecular weight excluding hydrogens is 224 g/mol. The Morgan fingerprint density at radius 3 is 2.69 bits per heavy atom. The summed E-state index contributed by atoms with van der Waals surface area (Å²) in [6, 6.07) is 3.51. The van der Waals surface area contributed by atoms with Crippen LogP contribution in [0.5, 0.6) is 0 Å². The monoisotopic (exact) mass is 242 g/mol. The van der Waals surface area contributed by atoms with Crippen molar-refractivity contribution in [3.8, 4) is 0 Å². The Morgan fingerprint density at radius 1 is 1.44 bits per heavy atom. The Balaban J connectivity index is 2.88. The van der Waals surface area contributed by atoms with E-state index in [2.05, 4.69) is 4.98 Å². The average molecular weight is 242 g/mol. The third-order valence-electron chi connectivity index (χ3n) is 2.14. The molecule has 0 unspecified atom stereocenters. The molecule has 1 rings (SSSR count). The van der Waals surface area contributed by atoms with E-state index >= 15 is 0 Å². The van der Waals surface area contributed by atoms with Gasteiger partial charge in [0.2, 0.25) is 0 Å². The Kier molecular flexibility index (Phi) is 4.44. The van der Waals surface area contributed by atoms with Crippen molar-refractivity contribution in [1.29, 1.82) is 0 Å². The van der Waals surface area contributed by atoms with Crippen LogP contribution < -0.4 is 5.73 Å². The number of pyridine rings is 1. The van der Waals surface area contributed by atoms with Crippen LogP contribution in [0.3, 0.4) is 0 Å². The first-order valence-electron chi connectivity index (χ1n) is 5.28. The molecule has 0 saturated carbocycles. The summed E-state index contributed by atoms with van der Waals surface area (Å²) in [5, 5.41) is 0. The van der Waals surface area contributed by atoms with E-state index in [9.17, 15) is 8.42 Å². The molecule has 0 aromatic carbocycles. The first-order valence-corrected chi connectivity index (χ1v) is 7.10. The van der Waals surface area contributed by atoms with E-state index in [1.165, 1.54) is 0 Å². The summed E-state index contributed by atoms with van der Waals surface area (Å²) in [4.78, 5) is 4.07. The molecule has 1 aromatic heterocycles. The number of aromatic nitrogens is 1. The molecule has 0 atom stereocenters. The van der Waals surface area contributed by atoms with Gasteiger partial charge in [-0.25, -0.2) is 8.42 Å². The zero-order valence-electron chi connectivity index (χ0n) is 9.68. The summed E-state index contributed by atoms with van der Waals surface area (Å²) in [7, 11) is -3.06. The highest BCUT2D eigenvalue weighted by Gasteiger charge is 2.16. The van der Waals surface area contributed by atoms with E-state index in [0.29, 0.717) is 11.3 Å². The molecule has 0 spiro atoms. The minimum atomic E-state index is -3.06. The van der Waals surface area contributed by atoms with Gasteiger partial charge in [0, 0.05) is 12.7 Å². The molecule has 0 bridgehead atoms. The molecule has 0 fully saturated rings. The number of nitrogens with two attached hydrogens (primary N) is 1. The SMILES string of the molecule is CC(C)CS(=O)(=O)Cc1cccnc1CN. The van der Waals surface area contributed by atoms with Crippen molar-refractivity contribution in [2.75, 3.05) is 5.75 Å². The topological polar surface area (TPSA) is 73.0 Å². The van der Waals surface area contributed by atoms with Crippen LogP contribution in [0.1, 0.15) is 25.1 Å². The van der Waals surface area contributed by atoms with Crippen molar-refractivity contribution >= 4 is 9.84 Å². The average Bonchev–Trinajstić information content (AvgIpc) is 2.15. The smallest absolute Gasteiger partial charge is 0.154 e. The van der Waals surface area contributed by atoms with Gasteiger partial charge in [-0.3, -0.25) is 4.98 Å². The molecule has 5 heteroatoms. The first kappa shape index (κ1) is 13.1. The van der Waals surface area contributed by atoms with Gasteiger partial charge in [-0.2, -0.15) is 0 Å². The molecule has 90 valence electrons. The van der Waals surface area contributed by atoms with Gasteiger partial charge < -0.3 is 5.73 Å². The Labute approximate surface area is 96.8 Å². The molecule has 0 aliphatic heterocycles. The summed E-state index contributed by atoms with van der Waals surface area (Å²) in [6.45, 7) is 4.06. The van der Waals surface area contributed by atoms with E-state index in [1.807, 2.05) is 13.8 Å². The molecule has 0 saturated heterocycles. The van der Waals surface area contributed by atoms with Crippen LogP contribution in [0.15, 0.2) is 18.3 Å². The van der Waals surface area contributed by atoms with Crippen LogP contribution in [0.25, 0.3) is 0 Å². The van der Waals surface area contributed by atoms with Crippen molar-refractivity contribution in [3.63, 3.8) is 0 Å². The van der Waals surface area contributed by atoms with Crippen LogP contribution in [-0.4, -0.2) is 19.2 Å². The molecule has 0 radical (unpaired) electrons. The van der Waals surface area contributed by atoms with Crippen molar-refractivity contribution in [3.05, 3.63) is 29.6 Å². The van der Waals surface area contributed by atoms with Gasteiger partial charge in [0.1, 0.15) is 0 Å². The second-order valence-corrected chi connectivity index (χ2v) is 6.37. The maximum Gasteiger partial charge on any atom is 0.154 e. The lowest BCUT2D eigenvalue weighted by Gasteiger charge is -2.09. The summed E-state index contributed by atoms with van der Waals surface area (Å²) in [6.07, 6.45) is 1.63. The van der Waals surface area contributed by atoms with E-state index in [0.717, 1.165) is 0 Å². The molecule has 4 nitrogen and oxygen atoms in total. The van der Waals surface area contributed by atoms with Crippen LogP contribution in [0.2, 0.25) is 0 Å². The third kappa shape index (κ3) is 3.90. The maximum atomic E-state index is 11.8. The fourth-order valence-corrected chi connectivity index (χ4v) is 3.46. The number of hydrogen-bond donors (Lipinski definition) is 1. The van der Waals surface area contributed by atoms with Gasteiger partial charge in [-0.05, 0) is 17.5 Å². The Bertz CT molecular complexity index is 441. The van der Waals surface area contributed by atoms with Gasteiger partial charge in [0.15, 0.2) is 9.84 Å². The molecule has 0 aliphatic rings. The van der Waals surface area contributed by atoms with Crippen molar-refractivity contribution in [2.45, 2.75) is 26.1 Å². The number of sulfone groups is 1. The minimum absolute atomic E-state index is 0.0333. The van der Waals surface area contributed by atoms with Crippen molar-refractivity contribution in [2.24, 2.45) is 11.7 Å². The molecule has 0 amide bonds. The Morgan fingerprint density at radius 2 is 2.12 bits per heavy atom. The number of hydrogen-bond acceptors (Lipinski definition) is 4. The predicted octanol–water partition coefficient (Wildman–Crippen LogP) is 1.11. The van der Waals surface area contributed by atoms with E-state index in [4.69, 9.17) is 5.73 Å². The van der Waals surface area contributed by atoms with E-state index in [-0.39, 0.29) is 24.0 Å². The normalized spacial score (nSPS) is 12.0. The van der Waals surface area contributed by atoms with E-state index in [1.54, 1.807) is 18.3 Å². The first-order chi connectivity index (χ1) is 7.44. The summed E-state index contributed by atoms with van der Waals surface area (Å²) >= 11 is 0.